The first-order chi connectivity index (χ1) is 9.56. The van der Waals surface area contributed by atoms with Gasteiger partial charge in [-0.1, -0.05) is 23.7 Å². The van der Waals surface area contributed by atoms with Crippen molar-refractivity contribution >= 4 is 29.3 Å². The minimum Gasteiger partial charge on any atom is -0.322 e. The number of halogens is 3. The van der Waals surface area contributed by atoms with Gasteiger partial charge >= 0.3 is 0 Å². The average Bonchev–Trinajstić information content (AvgIpc) is 2.38. The number of benzene rings is 2. The third kappa shape index (κ3) is 3.65. The Morgan fingerprint density at radius 1 is 1.15 bits per heavy atom. The topological polar surface area (TPSA) is 29.1 Å². The van der Waals surface area contributed by atoms with Crippen LogP contribution in [-0.4, -0.2) is 5.91 Å². The molecule has 0 radical (unpaired) electrons. The molecule has 0 saturated carbocycles. The minimum atomic E-state index is -0.521. The largest absolute Gasteiger partial charge is 0.322 e. The number of carbonyl (C=O) groups excluding carboxylic acids is 1. The molecule has 2 aromatic rings. The molecule has 20 heavy (non-hydrogen) atoms. The zero-order chi connectivity index (χ0) is 14.5. The summed E-state index contributed by atoms with van der Waals surface area (Å²) in [5.74, 6) is -1.48. The molecular weight excluding hydrogens is 284 g/mol. The van der Waals surface area contributed by atoms with Crippen molar-refractivity contribution in [1.29, 1.82) is 0 Å². The Balaban J connectivity index is 2.10. The van der Waals surface area contributed by atoms with Gasteiger partial charge in [-0.05, 0) is 36.4 Å². The summed E-state index contributed by atoms with van der Waals surface area (Å²) in [6.45, 7) is 0. The standard InChI is InChI=1S/C15H10ClF2NO/c16-13-5-2-6-14(18)12(13)7-8-15(20)19-11-4-1-3-10(17)9-11/h1-9H,(H,19,20)/b8-7+. The van der Waals surface area contributed by atoms with Gasteiger partial charge in [0.05, 0.1) is 5.02 Å². The van der Waals surface area contributed by atoms with E-state index in [1.165, 1.54) is 42.5 Å². The number of nitrogens with one attached hydrogen (secondary N) is 1. The fourth-order valence-electron chi connectivity index (χ4n) is 1.58. The van der Waals surface area contributed by atoms with Gasteiger partial charge in [0.25, 0.3) is 0 Å². The molecule has 1 N–H and O–H groups in total. The van der Waals surface area contributed by atoms with Crippen molar-refractivity contribution in [2.75, 3.05) is 5.32 Å². The average molecular weight is 294 g/mol. The predicted octanol–water partition coefficient (Wildman–Crippen LogP) is 4.27. The molecule has 0 aromatic heterocycles. The summed E-state index contributed by atoms with van der Waals surface area (Å²) in [5.41, 5.74) is 0.447. The molecule has 0 aliphatic rings. The van der Waals surface area contributed by atoms with E-state index in [1.807, 2.05) is 0 Å². The number of rotatable bonds is 3. The predicted molar refractivity (Wildman–Crippen MR) is 75.5 cm³/mol. The molecule has 2 aromatic carbocycles. The van der Waals surface area contributed by atoms with Crippen LogP contribution in [0, 0.1) is 11.6 Å². The minimum absolute atomic E-state index is 0.128. The SMILES string of the molecule is O=C(/C=C/c1c(F)cccc1Cl)Nc1cccc(F)c1. The first kappa shape index (κ1) is 14.2. The van der Waals surface area contributed by atoms with E-state index < -0.39 is 17.5 Å². The smallest absolute Gasteiger partial charge is 0.248 e. The van der Waals surface area contributed by atoms with Gasteiger partial charge in [0.1, 0.15) is 11.6 Å². The van der Waals surface area contributed by atoms with Crippen LogP contribution in [0.4, 0.5) is 14.5 Å². The van der Waals surface area contributed by atoms with Gasteiger partial charge < -0.3 is 5.32 Å². The monoisotopic (exact) mass is 293 g/mol. The molecular formula is C15H10ClF2NO. The summed E-state index contributed by atoms with van der Waals surface area (Å²) in [6.07, 6.45) is 2.40. The Bertz CT molecular complexity index is 650. The highest BCUT2D eigenvalue weighted by atomic mass is 35.5. The second-order valence-electron chi connectivity index (χ2n) is 3.97. The second-order valence-corrected chi connectivity index (χ2v) is 4.38. The molecule has 0 heterocycles. The van der Waals surface area contributed by atoms with Crippen LogP contribution in [0.5, 0.6) is 0 Å². The summed E-state index contributed by atoms with van der Waals surface area (Å²) in [4.78, 5) is 11.6. The van der Waals surface area contributed by atoms with Gasteiger partial charge in [0.15, 0.2) is 0 Å². The van der Waals surface area contributed by atoms with E-state index in [4.69, 9.17) is 11.6 Å². The van der Waals surface area contributed by atoms with Gasteiger partial charge in [0.2, 0.25) is 5.91 Å². The number of carbonyl (C=O) groups is 1. The Labute approximate surface area is 119 Å². The van der Waals surface area contributed by atoms with E-state index in [1.54, 1.807) is 6.07 Å². The van der Waals surface area contributed by atoms with Crippen molar-refractivity contribution < 1.29 is 13.6 Å². The zero-order valence-corrected chi connectivity index (χ0v) is 11.0. The van der Waals surface area contributed by atoms with Crippen molar-refractivity contribution in [2.24, 2.45) is 0 Å². The third-order valence-corrected chi connectivity index (χ3v) is 2.82. The van der Waals surface area contributed by atoms with Crippen LogP contribution in [0.1, 0.15) is 5.56 Å². The van der Waals surface area contributed by atoms with Gasteiger partial charge in [0, 0.05) is 17.3 Å². The van der Waals surface area contributed by atoms with Crippen molar-refractivity contribution in [2.45, 2.75) is 0 Å². The molecule has 0 unspecified atom stereocenters. The molecule has 0 fully saturated rings. The summed E-state index contributed by atoms with van der Waals surface area (Å²) in [6, 6.07) is 9.71. The fourth-order valence-corrected chi connectivity index (χ4v) is 1.81. The Morgan fingerprint density at radius 3 is 2.60 bits per heavy atom. The van der Waals surface area contributed by atoms with Crippen molar-refractivity contribution in [3.05, 3.63) is 70.8 Å². The number of anilines is 1. The summed E-state index contributed by atoms with van der Waals surface area (Å²) in [5, 5.41) is 2.67. The molecule has 0 atom stereocenters. The maximum absolute atomic E-state index is 13.5. The summed E-state index contributed by atoms with van der Waals surface area (Å²) < 4.78 is 26.4. The van der Waals surface area contributed by atoms with E-state index in [-0.39, 0.29) is 10.6 Å². The highest BCUT2D eigenvalue weighted by Gasteiger charge is 2.04. The maximum Gasteiger partial charge on any atom is 0.248 e. The van der Waals surface area contributed by atoms with E-state index in [9.17, 15) is 13.6 Å². The van der Waals surface area contributed by atoms with E-state index >= 15 is 0 Å². The van der Waals surface area contributed by atoms with Crippen molar-refractivity contribution in [3.63, 3.8) is 0 Å². The van der Waals surface area contributed by atoms with E-state index in [2.05, 4.69) is 5.32 Å². The van der Waals surface area contributed by atoms with Crippen LogP contribution in [0.2, 0.25) is 5.02 Å². The number of amides is 1. The molecule has 2 rings (SSSR count). The number of hydrogen-bond donors (Lipinski definition) is 1. The van der Waals surface area contributed by atoms with Crippen LogP contribution < -0.4 is 5.32 Å². The number of hydrogen-bond acceptors (Lipinski definition) is 1. The van der Waals surface area contributed by atoms with Crippen LogP contribution in [0.25, 0.3) is 6.08 Å². The van der Waals surface area contributed by atoms with Crippen LogP contribution in [0.3, 0.4) is 0 Å². The molecule has 0 bridgehead atoms. The first-order valence-electron chi connectivity index (χ1n) is 5.75. The van der Waals surface area contributed by atoms with Gasteiger partial charge in [-0.25, -0.2) is 8.78 Å². The lowest BCUT2D eigenvalue weighted by atomic mass is 10.2. The first-order valence-corrected chi connectivity index (χ1v) is 6.13. The lowest BCUT2D eigenvalue weighted by Gasteiger charge is -2.02. The van der Waals surface area contributed by atoms with Crippen molar-refractivity contribution in [3.8, 4) is 0 Å². The molecule has 102 valence electrons. The summed E-state index contributed by atoms with van der Waals surface area (Å²) in [7, 11) is 0. The molecule has 0 aliphatic heterocycles. The highest BCUT2D eigenvalue weighted by molar-refractivity contribution is 6.32. The van der Waals surface area contributed by atoms with E-state index in [0.29, 0.717) is 5.69 Å². The fraction of sp³-hybridized carbons (Fsp3) is 0. The summed E-state index contributed by atoms with van der Waals surface area (Å²) >= 11 is 5.82. The lowest BCUT2D eigenvalue weighted by Crippen LogP contribution is -2.07. The highest BCUT2D eigenvalue weighted by Crippen LogP contribution is 2.20. The second kappa shape index (κ2) is 6.30. The zero-order valence-electron chi connectivity index (χ0n) is 10.2. The van der Waals surface area contributed by atoms with Crippen molar-refractivity contribution in [1.82, 2.24) is 0 Å². The van der Waals surface area contributed by atoms with Gasteiger partial charge in [-0.3, -0.25) is 4.79 Å². The van der Waals surface area contributed by atoms with E-state index in [0.717, 1.165) is 6.08 Å². The molecule has 0 saturated heterocycles. The normalized spacial score (nSPS) is 10.8. The Kier molecular flexibility index (Phi) is 4.48. The molecule has 1 amide bonds. The molecule has 0 spiro atoms. The Morgan fingerprint density at radius 2 is 1.90 bits per heavy atom. The molecule has 0 aliphatic carbocycles. The lowest BCUT2D eigenvalue weighted by molar-refractivity contribution is -0.111. The van der Waals surface area contributed by atoms with Crippen LogP contribution in [0.15, 0.2) is 48.5 Å². The van der Waals surface area contributed by atoms with Gasteiger partial charge in [-0.15, -0.1) is 0 Å². The molecule has 2 nitrogen and oxygen atoms in total. The Hall–Kier alpha value is -2.20. The molecule has 5 heteroatoms. The van der Waals surface area contributed by atoms with Crippen LogP contribution in [-0.2, 0) is 4.79 Å². The maximum atomic E-state index is 13.5. The quantitative estimate of drug-likeness (QED) is 0.841. The third-order valence-electron chi connectivity index (χ3n) is 2.49. The van der Waals surface area contributed by atoms with Gasteiger partial charge in [-0.2, -0.15) is 0 Å². The van der Waals surface area contributed by atoms with Crippen LogP contribution >= 0.6 is 11.6 Å².